The summed E-state index contributed by atoms with van der Waals surface area (Å²) in [7, 11) is 0. The number of imide groups is 1. The molecule has 3 rings (SSSR count). The second-order valence-corrected chi connectivity index (χ2v) is 6.57. The van der Waals surface area contributed by atoms with Gasteiger partial charge < -0.3 is 5.73 Å². The quantitative estimate of drug-likeness (QED) is 0.560. The van der Waals surface area contributed by atoms with E-state index in [0.717, 1.165) is 20.7 Å². The summed E-state index contributed by atoms with van der Waals surface area (Å²) in [6.07, 6.45) is 1.47. The molecule has 3 N–H and O–H groups in total. The summed E-state index contributed by atoms with van der Waals surface area (Å²) in [5.74, 6) is -0.390. The van der Waals surface area contributed by atoms with Crippen LogP contribution in [0.3, 0.4) is 0 Å². The molecule has 116 valence electrons. The van der Waals surface area contributed by atoms with Crippen LogP contribution < -0.4 is 11.1 Å². The average Bonchev–Trinajstić information content (AvgIpc) is 2.98. The van der Waals surface area contributed by atoms with Crippen LogP contribution in [0.15, 0.2) is 47.8 Å². The maximum Gasteiger partial charge on any atom is 0.318 e. The van der Waals surface area contributed by atoms with Gasteiger partial charge in [-0.25, -0.2) is 14.8 Å². The summed E-state index contributed by atoms with van der Waals surface area (Å²) in [5, 5.41) is 3.63. The van der Waals surface area contributed by atoms with Crippen LogP contribution in [0.4, 0.5) is 4.79 Å². The van der Waals surface area contributed by atoms with Crippen molar-refractivity contribution in [2.45, 2.75) is 5.03 Å². The fourth-order valence-corrected chi connectivity index (χ4v) is 3.84. The highest BCUT2D eigenvalue weighted by Gasteiger charge is 2.12. The molecule has 6 nitrogen and oxygen atoms in total. The molecule has 0 saturated heterocycles. The molecule has 0 atom stereocenters. The van der Waals surface area contributed by atoms with Gasteiger partial charge in [-0.05, 0) is 11.6 Å². The van der Waals surface area contributed by atoms with Gasteiger partial charge in [0.05, 0.1) is 5.75 Å². The molecule has 0 unspecified atom stereocenters. The largest absolute Gasteiger partial charge is 0.351 e. The van der Waals surface area contributed by atoms with E-state index < -0.39 is 11.9 Å². The van der Waals surface area contributed by atoms with Gasteiger partial charge in [0.25, 0.3) is 0 Å². The Kier molecular flexibility index (Phi) is 4.54. The molecular weight excluding hydrogens is 332 g/mol. The summed E-state index contributed by atoms with van der Waals surface area (Å²) < 4.78 is 0. The number of amides is 3. The van der Waals surface area contributed by atoms with E-state index in [2.05, 4.69) is 9.97 Å². The number of hydrogen-bond donors (Lipinski definition) is 2. The number of fused-ring (bicyclic) bond motifs is 1. The van der Waals surface area contributed by atoms with Gasteiger partial charge in [-0.15, -0.1) is 11.3 Å². The lowest BCUT2D eigenvalue weighted by molar-refractivity contribution is -0.117. The number of thioether (sulfide) groups is 1. The molecule has 2 heterocycles. The minimum absolute atomic E-state index is 0.0611. The molecule has 2 aromatic heterocycles. The number of carbonyl (C=O) groups is 2. The lowest BCUT2D eigenvalue weighted by Crippen LogP contribution is -2.36. The van der Waals surface area contributed by atoms with E-state index in [-0.39, 0.29) is 5.75 Å². The first-order chi connectivity index (χ1) is 11.1. The average molecular weight is 344 g/mol. The van der Waals surface area contributed by atoms with Crippen LogP contribution in [0.25, 0.3) is 20.7 Å². The highest BCUT2D eigenvalue weighted by atomic mass is 32.2. The van der Waals surface area contributed by atoms with Gasteiger partial charge in [0.1, 0.15) is 16.2 Å². The SMILES string of the molecule is NC(=O)NC(=O)CSc1ncnc2sc(-c3ccccc3)cc12. The summed E-state index contributed by atoms with van der Waals surface area (Å²) in [5.41, 5.74) is 6.03. The maximum absolute atomic E-state index is 11.5. The number of nitrogens with zero attached hydrogens (tertiary/aromatic N) is 2. The van der Waals surface area contributed by atoms with Gasteiger partial charge in [0.15, 0.2) is 0 Å². The van der Waals surface area contributed by atoms with Crippen LogP contribution in [-0.4, -0.2) is 27.7 Å². The Morgan fingerprint density at radius 2 is 2.00 bits per heavy atom. The monoisotopic (exact) mass is 344 g/mol. The third-order valence-corrected chi connectivity index (χ3v) is 5.05. The molecule has 0 fully saturated rings. The zero-order valence-electron chi connectivity index (χ0n) is 11.9. The molecule has 0 saturated carbocycles. The van der Waals surface area contributed by atoms with E-state index >= 15 is 0 Å². The molecule has 0 bridgehead atoms. The molecule has 3 amide bonds. The smallest absolute Gasteiger partial charge is 0.318 e. The Hall–Kier alpha value is -2.45. The van der Waals surface area contributed by atoms with Crippen molar-refractivity contribution in [1.29, 1.82) is 0 Å². The van der Waals surface area contributed by atoms with E-state index in [1.807, 2.05) is 41.7 Å². The van der Waals surface area contributed by atoms with Gasteiger partial charge in [-0.2, -0.15) is 0 Å². The van der Waals surface area contributed by atoms with Gasteiger partial charge in [0, 0.05) is 10.3 Å². The van der Waals surface area contributed by atoms with E-state index in [4.69, 9.17) is 5.73 Å². The molecule has 0 aliphatic heterocycles. The Bertz CT molecular complexity index is 864. The lowest BCUT2D eigenvalue weighted by Gasteiger charge is -2.01. The molecule has 0 spiro atoms. The van der Waals surface area contributed by atoms with Crippen LogP contribution in [0, 0.1) is 0 Å². The zero-order valence-corrected chi connectivity index (χ0v) is 13.5. The Labute approximate surface area is 140 Å². The lowest BCUT2D eigenvalue weighted by atomic mass is 10.2. The fraction of sp³-hybridized carbons (Fsp3) is 0.0667. The number of hydrogen-bond acceptors (Lipinski definition) is 6. The predicted molar refractivity (Wildman–Crippen MR) is 91.3 cm³/mol. The normalized spacial score (nSPS) is 10.6. The number of rotatable bonds is 4. The van der Waals surface area contributed by atoms with Crippen molar-refractivity contribution in [3.63, 3.8) is 0 Å². The van der Waals surface area contributed by atoms with Gasteiger partial charge in [0.2, 0.25) is 5.91 Å². The van der Waals surface area contributed by atoms with Crippen molar-refractivity contribution >= 4 is 45.3 Å². The summed E-state index contributed by atoms with van der Waals surface area (Å²) >= 11 is 2.81. The van der Waals surface area contributed by atoms with Gasteiger partial charge in [-0.3, -0.25) is 10.1 Å². The number of thiophene rings is 1. The third-order valence-electron chi connectivity index (χ3n) is 2.95. The Balaban J connectivity index is 1.85. The Morgan fingerprint density at radius 1 is 1.22 bits per heavy atom. The van der Waals surface area contributed by atoms with Crippen molar-refractivity contribution in [2.75, 3.05) is 5.75 Å². The van der Waals surface area contributed by atoms with E-state index in [1.54, 1.807) is 11.3 Å². The molecule has 0 aliphatic carbocycles. The minimum atomic E-state index is -0.856. The minimum Gasteiger partial charge on any atom is -0.351 e. The molecule has 0 radical (unpaired) electrons. The van der Waals surface area contributed by atoms with Crippen molar-refractivity contribution in [3.8, 4) is 10.4 Å². The van der Waals surface area contributed by atoms with Crippen molar-refractivity contribution in [1.82, 2.24) is 15.3 Å². The molecule has 1 aromatic carbocycles. The van der Waals surface area contributed by atoms with Crippen LogP contribution in [0.1, 0.15) is 0 Å². The summed E-state index contributed by atoms with van der Waals surface area (Å²) in [6.45, 7) is 0. The van der Waals surface area contributed by atoms with E-state index in [1.165, 1.54) is 18.1 Å². The van der Waals surface area contributed by atoms with Gasteiger partial charge in [-0.1, -0.05) is 42.1 Å². The first-order valence-corrected chi connectivity index (χ1v) is 8.46. The summed E-state index contributed by atoms with van der Waals surface area (Å²) in [6, 6.07) is 11.2. The number of nitrogens with two attached hydrogens (primary N) is 1. The number of carbonyl (C=O) groups excluding carboxylic acids is 2. The molecular formula is C15H12N4O2S2. The maximum atomic E-state index is 11.5. The number of nitrogens with one attached hydrogen (secondary N) is 1. The molecule has 3 aromatic rings. The second kappa shape index (κ2) is 6.76. The molecule has 23 heavy (non-hydrogen) atoms. The topological polar surface area (TPSA) is 98.0 Å². The third kappa shape index (κ3) is 3.66. The number of aromatic nitrogens is 2. The van der Waals surface area contributed by atoms with Crippen molar-refractivity contribution in [3.05, 3.63) is 42.7 Å². The van der Waals surface area contributed by atoms with Crippen LogP contribution >= 0.6 is 23.1 Å². The van der Waals surface area contributed by atoms with Crippen LogP contribution in [0.2, 0.25) is 0 Å². The number of urea groups is 1. The van der Waals surface area contributed by atoms with Crippen molar-refractivity contribution < 1.29 is 9.59 Å². The van der Waals surface area contributed by atoms with E-state index in [0.29, 0.717) is 5.03 Å². The zero-order chi connectivity index (χ0) is 16.2. The van der Waals surface area contributed by atoms with Crippen molar-refractivity contribution in [2.24, 2.45) is 5.73 Å². The molecule has 8 heteroatoms. The number of primary amides is 1. The van der Waals surface area contributed by atoms with Crippen LogP contribution in [0.5, 0.6) is 0 Å². The first-order valence-electron chi connectivity index (χ1n) is 6.65. The fourth-order valence-electron chi connectivity index (χ4n) is 2.00. The summed E-state index contributed by atoms with van der Waals surface area (Å²) in [4.78, 5) is 32.6. The van der Waals surface area contributed by atoms with Gasteiger partial charge >= 0.3 is 6.03 Å². The highest BCUT2D eigenvalue weighted by Crippen LogP contribution is 2.35. The standard InChI is InChI=1S/C15H12N4O2S2/c16-15(21)19-12(20)7-22-13-10-6-11(9-4-2-1-3-5-9)23-14(10)18-8-17-13/h1-6,8H,7H2,(H3,16,19,20,21). The molecule has 0 aliphatic rings. The highest BCUT2D eigenvalue weighted by molar-refractivity contribution is 8.00. The number of benzene rings is 1. The Morgan fingerprint density at radius 3 is 2.74 bits per heavy atom. The first kappa shape index (κ1) is 15.4. The second-order valence-electron chi connectivity index (χ2n) is 4.58. The predicted octanol–water partition coefficient (Wildman–Crippen LogP) is 2.65. The van der Waals surface area contributed by atoms with Crippen LogP contribution in [-0.2, 0) is 4.79 Å². The van der Waals surface area contributed by atoms with E-state index in [9.17, 15) is 9.59 Å².